The first-order valence-electron chi connectivity index (χ1n) is 9.01. The molecule has 2 aliphatic rings. The maximum Gasteiger partial charge on any atom is 0.321 e. The first-order chi connectivity index (χ1) is 12.9. The van der Waals surface area contributed by atoms with E-state index < -0.39 is 18.8 Å². The fourth-order valence-electron chi connectivity index (χ4n) is 3.64. The molecule has 26 heavy (non-hydrogen) atoms. The molecule has 0 amide bonds. The van der Waals surface area contributed by atoms with Gasteiger partial charge in [0.2, 0.25) is 6.75 Å². The molecule has 5 rings (SSSR count). The molecule has 2 aromatic carbocycles. The summed E-state index contributed by atoms with van der Waals surface area (Å²) in [5, 5.41) is 13.8. The van der Waals surface area contributed by atoms with Gasteiger partial charge in [0, 0.05) is 23.0 Å². The van der Waals surface area contributed by atoms with Crippen LogP contribution in [-0.4, -0.2) is 28.8 Å². The highest BCUT2D eigenvalue weighted by Gasteiger charge is 2.34. The van der Waals surface area contributed by atoms with Crippen LogP contribution in [0.5, 0.6) is 11.5 Å². The van der Waals surface area contributed by atoms with E-state index >= 15 is 0 Å². The zero-order valence-electron chi connectivity index (χ0n) is 15.5. The van der Waals surface area contributed by atoms with Crippen LogP contribution in [0.1, 0.15) is 25.6 Å². The Morgan fingerprint density at radius 1 is 1.19 bits per heavy atom. The van der Waals surface area contributed by atoms with Gasteiger partial charge in [0.15, 0.2) is 11.5 Å². The Kier molecular flexibility index (Phi) is 3.47. The molecule has 0 spiro atoms. The number of ether oxygens (including phenoxy) is 2. The minimum atomic E-state index is -2.20. The number of aromatic amines is 1. The van der Waals surface area contributed by atoms with Crippen LogP contribution in [0.3, 0.4) is 0 Å². The van der Waals surface area contributed by atoms with E-state index in [1.807, 2.05) is 24.3 Å². The van der Waals surface area contributed by atoms with Gasteiger partial charge in [-0.3, -0.25) is 10.1 Å². The predicted octanol–water partition coefficient (Wildman–Crippen LogP) is 3.01. The second kappa shape index (κ2) is 6.23. The monoisotopic (exact) mass is 374 g/mol. The average molecular weight is 375 g/mol. The summed E-state index contributed by atoms with van der Waals surface area (Å²) in [6.45, 7) is -2.20. The second-order valence-electron chi connectivity index (χ2n) is 6.25. The van der Waals surface area contributed by atoms with Gasteiger partial charge < -0.3 is 19.6 Å². The molecular formula is C19H17ClN2O4. The lowest BCUT2D eigenvalue weighted by Crippen LogP contribution is -2.44. The van der Waals surface area contributed by atoms with Crippen molar-refractivity contribution in [3.63, 3.8) is 0 Å². The van der Waals surface area contributed by atoms with Crippen LogP contribution in [0.25, 0.3) is 10.9 Å². The number of aliphatic carboxylic acids is 1. The van der Waals surface area contributed by atoms with Crippen molar-refractivity contribution in [2.24, 2.45) is 0 Å². The fourth-order valence-corrected chi connectivity index (χ4v) is 3.64. The van der Waals surface area contributed by atoms with Gasteiger partial charge in [0.05, 0.1) is 6.04 Å². The number of carbonyl (C=O) groups is 1. The number of carboxylic acids is 1. The average Bonchev–Trinajstić information content (AvgIpc) is 3.15. The summed E-state index contributed by atoms with van der Waals surface area (Å²) in [4.78, 5) is 15.1. The lowest BCUT2D eigenvalue weighted by Gasteiger charge is -2.29. The molecule has 1 aromatic heterocycles. The Labute approximate surface area is 158 Å². The number of hydrogen-bond donors (Lipinski definition) is 3. The third kappa shape index (κ3) is 2.50. The zero-order valence-corrected chi connectivity index (χ0v) is 14.3. The normalized spacial score (nSPS) is 23.5. The molecule has 0 radical (unpaired) electrons. The SMILES string of the molecule is Cl.[2H]C1([2H])Oc2ccc([C@H]3N[C@@H](C(=O)O)Cc4c3[nH]c3ccccc43)cc2O1. The number of hydrogen-bond acceptors (Lipinski definition) is 4. The van der Waals surface area contributed by atoms with Crippen LogP contribution in [0.15, 0.2) is 42.5 Å². The van der Waals surface area contributed by atoms with Gasteiger partial charge in [-0.15, -0.1) is 12.4 Å². The lowest BCUT2D eigenvalue weighted by atomic mass is 9.90. The van der Waals surface area contributed by atoms with E-state index in [0.29, 0.717) is 17.9 Å². The number of aromatic nitrogens is 1. The summed E-state index contributed by atoms with van der Waals surface area (Å²) in [6.07, 6.45) is 0.387. The van der Waals surface area contributed by atoms with Crippen molar-refractivity contribution in [2.75, 3.05) is 6.75 Å². The number of para-hydroxylation sites is 1. The topological polar surface area (TPSA) is 83.6 Å². The first kappa shape index (κ1) is 14.5. The second-order valence-corrected chi connectivity index (χ2v) is 6.25. The van der Waals surface area contributed by atoms with Crippen LogP contribution in [0.2, 0.25) is 0 Å². The van der Waals surface area contributed by atoms with E-state index in [-0.39, 0.29) is 18.4 Å². The van der Waals surface area contributed by atoms with Gasteiger partial charge in [-0.05, 0) is 29.3 Å². The van der Waals surface area contributed by atoms with Gasteiger partial charge >= 0.3 is 5.97 Å². The molecule has 2 aliphatic heterocycles. The smallest absolute Gasteiger partial charge is 0.321 e. The Balaban J connectivity index is 0.00000192. The van der Waals surface area contributed by atoms with Gasteiger partial charge in [0.25, 0.3) is 0 Å². The largest absolute Gasteiger partial charge is 0.480 e. The van der Waals surface area contributed by atoms with Gasteiger partial charge in [-0.2, -0.15) is 0 Å². The molecule has 0 aliphatic carbocycles. The van der Waals surface area contributed by atoms with E-state index in [9.17, 15) is 9.90 Å². The van der Waals surface area contributed by atoms with E-state index in [2.05, 4.69) is 10.3 Å². The third-order valence-corrected chi connectivity index (χ3v) is 4.81. The molecule has 134 valence electrons. The van der Waals surface area contributed by atoms with Crippen molar-refractivity contribution >= 4 is 29.3 Å². The Morgan fingerprint density at radius 2 is 2.00 bits per heavy atom. The Bertz CT molecular complexity index is 1080. The van der Waals surface area contributed by atoms with Crippen LogP contribution >= 0.6 is 12.4 Å². The molecule has 6 nitrogen and oxygen atoms in total. The number of halogens is 1. The standard InChI is InChI=1S/C19H16N2O4.ClH/c22-19(23)14-8-12-11-3-1-2-4-13(11)20-18(12)17(21-14)10-5-6-15-16(7-10)25-9-24-15;/h1-7,14,17,20-21H,8-9H2,(H,22,23);1H/t14-,17-;/m1./s1/i9D2;. The minimum Gasteiger partial charge on any atom is -0.480 e. The van der Waals surface area contributed by atoms with E-state index in [4.69, 9.17) is 12.2 Å². The maximum absolute atomic E-state index is 11.7. The molecule has 0 fully saturated rings. The number of H-pyrrole nitrogens is 1. The molecule has 0 saturated carbocycles. The Morgan fingerprint density at radius 3 is 2.85 bits per heavy atom. The quantitative estimate of drug-likeness (QED) is 0.642. The van der Waals surface area contributed by atoms with Crippen LogP contribution in [0.4, 0.5) is 0 Å². The summed E-state index contributed by atoms with van der Waals surface area (Å²) >= 11 is 0. The predicted molar refractivity (Wildman–Crippen MR) is 98.2 cm³/mol. The number of nitrogens with one attached hydrogen (secondary N) is 2. The third-order valence-electron chi connectivity index (χ3n) is 4.81. The highest BCUT2D eigenvalue weighted by atomic mass is 35.5. The van der Waals surface area contributed by atoms with E-state index in [1.165, 1.54) is 0 Å². The summed E-state index contributed by atoms with van der Waals surface area (Å²) in [5.74, 6) is -0.284. The number of benzene rings is 2. The van der Waals surface area contributed by atoms with Crippen molar-refractivity contribution in [1.82, 2.24) is 10.3 Å². The first-order valence-corrected chi connectivity index (χ1v) is 8.01. The Hall–Kier alpha value is -2.70. The molecule has 7 heteroatoms. The molecular weight excluding hydrogens is 356 g/mol. The number of rotatable bonds is 2. The molecule has 3 aromatic rings. The van der Waals surface area contributed by atoms with Crippen molar-refractivity contribution < 1.29 is 22.1 Å². The molecule has 0 unspecified atom stereocenters. The summed E-state index contributed by atoms with van der Waals surface area (Å²) in [5.41, 5.74) is 3.62. The van der Waals surface area contributed by atoms with Crippen LogP contribution in [0, 0.1) is 0 Å². The van der Waals surface area contributed by atoms with E-state index in [1.54, 1.807) is 18.2 Å². The highest BCUT2D eigenvalue weighted by molar-refractivity contribution is 5.87. The zero-order chi connectivity index (χ0) is 18.8. The molecule has 2 atom stereocenters. The molecule has 3 N–H and O–H groups in total. The van der Waals surface area contributed by atoms with Crippen LogP contribution in [-0.2, 0) is 11.2 Å². The van der Waals surface area contributed by atoms with Crippen molar-refractivity contribution in [3.05, 3.63) is 59.3 Å². The van der Waals surface area contributed by atoms with Crippen molar-refractivity contribution in [2.45, 2.75) is 18.5 Å². The number of fused-ring (bicyclic) bond motifs is 4. The van der Waals surface area contributed by atoms with Gasteiger partial charge in [-0.1, -0.05) is 24.3 Å². The molecule has 0 bridgehead atoms. The van der Waals surface area contributed by atoms with Gasteiger partial charge in [-0.25, -0.2) is 0 Å². The summed E-state index contributed by atoms with van der Waals surface area (Å²) in [7, 11) is 0. The van der Waals surface area contributed by atoms with Crippen molar-refractivity contribution in [3.8, 4) is 11.5 Å². The summed E-state index contributed by atoms with van der Waals surface area (Å²) < 4.78 is 25.5. The van der Waals surface area contributed by atoms with E-state index in [0.717, 1.165) is 27.7 Å². The minimum absolute atomic E-state index is 0. The summed E-state index contributed by atoms with van der Waals surface area (Å²) in [6, 6.07) is 11.8. The molecule has 0 saturated heterocycles. The number of carboxylic acid groups (broad SMARTS) is 1. The fraction of sp³-hybridized carbons (Fsp3) is 0.211. The van der Waals surface area contributed by atoms with Crippen molar-refractivity contribution in [1.29, 1.82) is 0 Å². The lowest BCUT2D eigenvalue weighted by molar-refractivity contribution is -0.139. The van der Waals surface area contributed by atoms with Gasteiger partial charge in [0.1, 0.15) is 8.78 Å². The maximum atomic E-state index is 11.7. The highest BCUT2D eigenvalue weighted by Crippen LogP contribution is 2.39. The van der Waals surface area contributed by atoms with Crippen LogP contribution < -0.4 is 14.8 Å². The molecule has 3 heterocycles.